The van der Waals surface area contributed by atoms with Crippen molar-refractivity contribution in [1.82, 2.24) is 0 Å². The molecule has 0 spiro atoms. The maximum Gasteiger partial charge on any atom is 0.0787 e. The van der Waals surface area contributed by atoms with Gasteiger partial charge in [0.15, 0.2) is 0 Å². The molecule has 78 valence electrons. The molecule has 2 heteroatoms. The molecule has 0 rings (SSSR count). The first-order valence-corrected chi connectivity index (χ1v) is 5.29. The quantitative estimate of drug-likeness (QED) is 0.630. The lowest BCUT2D eigenvalue weighted by atomic mass is 10.1. The van der Waals surface area contributed by atoms with E-state index >= 15 is 0 Å². The summed E-state index contributed by atoms with van der Waals surface area (Å²) in [6.07, 6.45) is 4.12. The monoisotopic (exact) mass is 185 g/mol. The van der Waals surface area contributed by atoms with Crippen LogP contribution in [0.1, 0.15) is 33.6 Å². The van der Waals surface area contributed by atoms with E-state index in [1.807, 2.05) is 0 Å². The standard InChI is InChI=1S/C11H25N2/c1-5-13(4,6-2)9-7-8-11(3)10-12/h10H,5-9,12H2,1-4H3/q+1. The van der Waals surface area contributed by atoms with Crippen LogP contribution in [0.2, 0.25) is 0 Å². The van der Waals surface area contributed by atoms with Crippen molar-refractivity contribution in [3.8, 4) is 0 Å². The van der Waals surface area contributed by atoms with Crippen molar-refractivity contribution in [2.75, 3.05) is 26.7 Å². The molecule has 0 unspecified atom stereocenters. The molecule has 0 saturated carbocycles. The molecule has 2 N–H and O–H groups in total. The van der Waals surface area contributed by atoms with Crippen molar-refractivity contribution in [2.45, 2.75) is 33.6 Å². The van der Waals surface area contributed by atoms with E-state index in [0.717, 1.165) is 6.42 Å². The number of nitrogens with two attached hydrogens (primary N) is 1. The van der Waals surface area contributed by atoms with Gasteiger partial charge >= 0.3 is 0 Å². The van der Waals surface area contributed by atoms with Crippen LogP contribution < -0.4 is 5.73 Å². The molecular weight excluding hydrogens is 160 g/mol. The zero-order valence-electron chi connectivity index (χ0n) is 9.64. The Balaban J connectivity index is 3.74. The molecule has 0 atom stereocenters. The third-order valence-corrected chi connectivity index (χ3v) is 3.08. The van der Waals surface area contributed by atoms with E-state index in [2.05, 4.69) is 27.8 Å². The average Bonchev–Trinajstić information content (AvgIpc) is 2.17. The van der Waals surface area contributed by atoms with Crippen LogP contribution in [0.25, 0.3) is 0 Å². The lowest BCUT2D eigenvalue weighted by Gasteiger charge is -2.32. The third kappa shape index (κ3) is 4.94. The van der Waals surface area contributed by atoms with Crippen molar-refractivity contribution >= 4 is 0 Å². The molecule has 0 heterocycles. The maximum absolute atomic E-state index is 5.42. The first kappa shape index (κ1) is 12.5. The molecule has 0 radical (unpaired) electrons. The Hall–Kier alpha value is -0.500. The number of nitrogens with zero attached hydrogens (tertiary/aromatic N) is 1. The van der Waals surface area contributed by atoms with E-state index in [0.29, 0.717) is 0 Å². The molecule has 0 bridgehead atoms. The van der Waals surface area contributed by atoms with Crippen LogP contribution in [0.15, 0.2) is 11.8 Å². The van der Waals surface area contributed by atoms with Gasteiger partial charge in [-0.25, -0.2) is 0 Å². The molecule has 13 heavy (non-hydrogen) atoms. The normalized spacial score (nSPS) is 13.4. The Morgan fingerprint density at radius 1 is 1.31 bits per heavy atom. The number of hydrogen-bond acceptors (Lipinski definition) is 1. The predicted octanol–water partition coefficient (Wildman–Crippen LogP) is 2.12. The molecule has 0 aromatic rings. The van der Waals surface area contributed by atoms with E-state index in [1.165, 1.54) is 36.1 Å². The van der Waals surface area contributed by atoms with Crippen LogP contribution in [-0.4, -0.2) is 31.2 Å². The van der Waals surface area contributed by atoms with Crippen molar-refractivity contribution in [1.29, 1.82) is 0 Å². The highest BCUT2D eigenvalue weighted by Crippen LogP contribution is 2.08. The van der Waals surface area contributed by atoms with Crippen LogP contribution >= 0.6 is 0 Å². The van der Waals surface area contributed by atoms with E-state index in [1.54, 1.807) is 6.20 Å². The summed E-state index contributed by atoms with van der Waals surface area (Å²) >= 11 is 0. The Morgan fingerprint density at radius 2 is 1.85 bits per heavy atom. The minimum absolute atomic E-state index is 1.14. The summed E-state index contributed by atoms with van der Waals surface area (Å²) in [5.74, 6) is 0. The second-order valence-corrected chi connectivity index (χ2v) is 4.09. The highest BCUT2D eigenvalue weighted by Gasteiger charge is 2.14. The summed E-state index contributed by atoms with van der Waals surface area (Å²) in [6.45, 7) is 10.3. The first-order valence-electron chi connectivity index (χ1n) is 5.29. The van der Waals surface area contributed by atoms with Gasteiger partial charge in [-0.2, -0.15) is 0 Å². The van der Waals surface area contributed by atoms with Gasteiger partial charge in [0.1, 0.15) is 0 Å². The fourth-order valence-electron chi connectivity index (χ4n) is 1.36. The third-order valence-electron chi connectivity index (χ3n) is 3.08. The largest absolute Gasteiger partial charge is 0.405 e. The number of rotatable bonds is 6. The summed E-state index contributed by atoms with van der Waals surface area (Å²) in [5, 5.41) is 0. The average molecular weight is 185 g/mol. The molecule has 0 saturated heterocycles. The van der Waals surface area contributed by atoms with E-state index in [-0.39, 0.29) is 0 Å². The van der Waals surface area contributed by atoms with Gasteiger partial charge < -0.3 is 10.2 Å². The lowest BCUT2D eigenvalue weighted by molar-refractivity contribution is -0.906. The van der Waals surface area contributed by atoms with E-state index in [9.17, 15) is 0 Å². The van der Waals surface area contributed by atoms with Crippen LogP contribution in [-0.2, 0) is 0 Å². The van der Waals surface area contributed by atoms with Crippen LogP contribution in [0.5, 0.6) is 0 Å². The van der Waals surface area contributed by atoms with Gasteiger partial charge in [0, 0.05) is 6.42 Å². The second kappa shape index (κ2) is 6.03. The van der Waals surface area contributed by atoms with Crippen LogP contribution in [0, 0.1) is 0 Å². The maximum atomic E-state index is 5.42. The summed E-state index contributed by atoms with van der Waals surface area (Å²) < 4.78 is 1.18. The minimum Gasteiger partial charge on any atom is -0.405 e. The Kier molecular flexibility index (Phi) is 5.80. The summed E-state index contributed by atoms with van der Waals surface area (Å²) in [7, 11) is 2.32. The van der Waals surface area contributed by atoms with Gasteiger partial charge in [-0.3, -0.25) is 0 Å². The molecular formula is C11H25N2+. The molecule has 0 aliphatic heterocycles. The van der Waals surface area contributed by atoms with E-state index in [4.69, 9.17) is 5.73 Å². The van der Waals surface area contributed by atoms with Crippen molar-refractivity contribution in [3.05, 3.63) is 11.8 Å². The molecule has 0 aromatic carbocycles. The van der Waals surface area contributed by atoms with Gasteiger partial charge in [-0.15, -0.1) is 0 Å². The van der Waals surface area contributed by atoms with Crippen molar-refractivity contribution < 1.29 is 4.48 Å². The Bertz CT molecular complexity index is 157. The Labute approximate surface area is 83.0 Å². The molecule has 0 aromatic heterocycles. The summed E-state index contributed by atoms with van der Waals surface area (Å²) in [4.78, 5) is 0. The lowest BCUT2D eigenvalue weighted by Crippen LogP contribution is -2.44. The first-order chi connectivity index (χ1) is 6.08. The predicted molar refractivity (Wildman–Crippen MR) is 59.3 cm³/mol. The highest BCUT2D eigenvalue weighted by molar-refractivity contribution is 4.93. The minimum atomic E-state index is 1.14. The number of hydrogen-bond donors (Lipinski definition) is 1. The molecule has 0 aliphatic carbocycles. The van der Waals surface area contributed by atoms with Crippen molar-refractivity contribution in [3.63, 3.8) is 0 Å². The fraction of sp³-hybridized carbons (Fsp3) is 0.818. The number of quaternary nitrogens is 1. The van der Waals surface area contributed by atoms with E-state index < -0.39 is 0 Å². The topological polar surface area (TPSA) is 26.0 Å². The SMILES string of the molecule is CC[N+](C)(CC)CCCC(C)=CN. The molecule has 2 nitrogen and oxygen atoms in total. The van der Waals surface area contributed by atoms with Gasteiger partial charge in [0.05, 0.1) is 26.7 Å². The van der Waals surface area contributed by atoms with Gasteiger partial charge in [-0.05, 0) is 33.4 Å². The van der Waals surface area contributed by atoms with Gasteiger partial charge in [0.25, 0.3) is 0 Å². The van der Waals surface area contributed by atoms with Crippen LogP contribution in [0.3, 0.4) is 0 Å². The smallest absolute Gasteiger partial charge is 0.0787 e. The van der Waals surface area contributed by atoms with Crippen LogP contribution in [0.4, 0.5) is 0 Å². The van der Waals surface area contributed by atoms with Gasteiger partial charge in [-0.1, -0.05) is 5.57 Å². The summed E-state index contributed by atoms with van der Waals surface area (Å²) in [6, 6.07) is 0. The number of allylic oxidation sites excluding steroid dienone is 1. The Morgan fingerprint density at radius 3 is 2.23 bits per heavy atom. The van der Waals surface area contributed by atoms with Crippen molar-refractivity contribution in [2.24, 2.45) is 5.73 Å². The zero-order chi connectivity index (χ0) is 10.3. The molecule has 0 aliphatic rings. The summed E-state index contributed by atoms with van der Waals surface area (Å²) in [5.41, 5.74) is 6.72. The zero-order valence-corrected chi connectivity index (χ0v) is 9.64. The fourth-order valence-corrected chi connectivity index (χ4v) is 1.36. The molecule has 0 amide bonds. The second-order valence-electron chi connectivity index (χ2n) is 4.09. The van der Waals surface area contributed by atoms with Gasteiger partial charge in [0.2, 0.25) is 0 Å². The highest BCUT2D eigenvalue weighted by atomic mass is 15.3. The molecule has 0 fully saturated rings.